The fourth-order valence-corrected chi connectivity index (χ4v) is 1.74. The molecule has 2 N–H and O–H groups in total. The minimum atomic E-state index is -1.14. The van der Waals surface area contributed by atoms with Crippen LogP contribution in [0.5, 0.6) is 0 Å². The first-order chi connectivity index (χ1) is 10.9. The van der Waals surface area contributed by atoms with Crippen molar-refractivity contribution in [2.75, 3.05) is 19.5 Å². The number of ether oxygens (including phenoxy) is 2. The number of hydrogen-bond donors (Lipinski definition) is 2. The number of amides is 2. The molecule has 0 saturated heterocycles. The monoisotopic (exact) mass is 322 g/mol. The number of hydrogen-bond acceptors (Lipinski definition) is 6. The van der Waals surface area contributed by atoms with Gasteiger partial charge < -0.3 is 20.1 Å². The summed E-state index contributed by atoms with van der Waals surface area (Å²) in [6.45, 7) is 1.37. The van der Waals surface area contributed by atoms with Crippen LogP contribution in [-0.4, -0.2) is 44.0 Å². The second-order valence-electron chi connectivity index (χ2n) is 4.59. The average molecular weight is 322 g/mol. The molecule has 8 heteroatoms. The second-order valence-corrected chi connectivity index (χ2v) is 4.59. The first-order valence-corrected chi connectivity index (χ1v) is 6.70. The van der Waals surface area contributed by atoms with Gasteiger partial charge in [0.05, 0.1) is 20.6 Å². The Morgan fingerprint density at radius 2 is 1.65 bits per heavy atom. The van der Waals surface area contributed by atoms with Gasteiger partial charge >= 0.3 is 11.9 Å². The van der Waals surface area contributed by atoms with E-state index < -0.39 is 23.9 Å². The maximum Gasteiger partial charge on any atom is 0.328 e. The normalized spacial score (nSPS) is 11.1. The van der Waals surface area contributed by atoms with Crippen molar-refractivity contribution < 1.29 is 28.7 Å². The molecule has 23 heavy (non-hydrogen) atoms. The molecule has 1 atom stereocenters. The van der Waals surface area contributed by atoms with Crippen LogP contribution in [0.1, 0.15) is 23.7 Å². The summed E-state index contributed by atoms with van der Waals surface area (Å²) < 4.78 is 9.03. The Hall–Kier alpha value is -2.90. The summed E-state index contributed by atoms with van der Waals surface area (Å²) >= 11 is 0. The van der Waals surface area contributed by atoms with E-state index >= 15 is 0 Å². The first kappa shape index (κ1) is 18.1. The van der Waals surface area contributed by atoms with Crippen molar-refractivity contribution in [3.8, 4) is 0 Å². The summed E-state index contributed by atoms with van der Waals surface area (Å²) in [4.78, 5) is 46.0. The van der Waals surface area contributed by atoms with E-state index in [2.05, 4.69) is 20.1 Å². The highest BCUT2D eigenvalue weighted by Crippen LogP contribution is 2.10. The van der Waals surface area contributed by atoms with Gasteiger partial charge in [-0.05, 0) is 24.3 Å². The molecule has 1 aromatic carbocycles. The van der Waals surface area contributed by atoms with Crippen molar-refractivity contribution in [3.05, 3.63) is 29.8 Å². The van der Waals surface area contributed by atoms with E-state index in [1.54, 1.807) is 12.1 Å². The third-order valence-electron chi connectivity index (χ3n) is 2.86. The molecule has 0 bridgehead atoms. The number of methoxy groups -OCH3 is 2. The zero-order valence-corrected chi connectivity index (χ0v) is 13.0. The van der Waals surface area contributed by atoms with Crippen LogP contribution < -0.4 is 10.6 Å². The maximum atomic E-state index is 12.1. The highest BCUT2D eigenvalue weighted by molar-refractivity contribution is 5.98. The zero-order valence-electron chi connectivity index (χ0n) is 13.0. The molecule has 0 aromatic heterocycles. The van der Waals surface area contributed by atoms with E-state index in [4.69, 9.17) is 0 Å². The molecular weight excluding hydrogens is 304 g/mol. The van der Waals surface area contributed by atoms with Crippen LogP contribution in [0.15, 0.2) is 24.3 Å². The van der Waals surface area contributed by atoms with Crippen LogP contribution in [0.25, 0.3) is 0 Å². The van der Waals surface area contributed by atoms with Crippen molar-refractivity contribution in [2.24, 2.45) is 0 Å². The van der Waals surface area contributed by atoms with Gasteiger partial charge in [-0.1, -0.05) is 0 Å². The topological polar surface area (TPSA) is 111 Å². The van der Waals surface area contributed by atoms with Crippen LogP contribution in [0.2, 0.25) is 0 Å². The third kappa shape index (κ3) is 5.77. The van der Waals surface area contributed by atoms with Gasteiger partial charge in [-0.2, -0.15) is 0 Å². The minimum absolute atomic E-state index is 0.231. The standard InChI is InChI=1S/C15H18N2O6/c1-9(18)16-11-6-4-10(5-7-11)14(20)17-12(15(21)23-3)8-13(19)22-2/h4-7,12H,8H2,1-3H3,(H,16,18)(H,17,20)/t12-/m1/s1. The molecule has 0 fully saturated rings. The molecule has 0 heterocycles. The number of rotatable bonds is 6. The van der Waals surface area contributed by atoms with E-state index in [1.807, 2.05) is 0 Å². The summed E-state index contributed by atoms with van der Waals surface area (Å²) in [5.41, 5.74) is 0.797. The van der Waals surface area contributed by atoms with E-state index in [9.17, 15) is 19.2 Å². The van der Waals surface area contributed by atoms with Gasteiger partial charge in [0, 0.05) is 18.2 Å². The van der Waals surface area contributed by atoms with Crippen molar-refractivity contribution in [3.63, 3.8) is 0 Å². The van der Waals surface area contributed by atoms with Crippen LogP contribution in [0, 0.1) is 0 Å². The van der Waals surface area contributed by atoms with Gasteiger partial charge in [0.1, 0.15) is 6.04 Å². The summed E-state index contributed by atoms with van der Waals surface area (Å²) in [6, 6.07) is 4.91. The first-order valence-electron chi connectivity index (χ1n) is 6.70. The molecule has 0 saturated carbocycles. The molecule has 0 spiro atoms. The lowest BCUT2D eigenvalue weighted by molar-refractivity contribution is -0.149. The minimum Gasteiger partial charge on any atom is -0.469 e. The van der Waals surface area contributed by atoms with Gasteiger partial charge in [0.2, 0.25) is 5.91 Å². The van der Waals surface area contributed by atoms with E-state index in [0.29, 0.717) is 5.69 Å². The van der Waals surface area contributed by atoms with Crippen molar-refractivity contribution in [2.45, 2.75) is 19.4 Å². The summed E-state index contributed by atoms with van der Waals surface area (Å²) in [5, 5.41) is 4.97. The fraction of sp³-hybridized carbons (Fsp3) is 0.333. The Bertz CT molecular complexity index is 596. The number of esters is 2. The molecule has 8 nitrogen and oxygen atoms in total. The molecule has 124 valence electrons. The molecule has 0 aliphatic heterocycles. The molecule has 2 amide bonds. The Labute approximate surface area is 133 Å². The van der Waals surface area contributed by atoms with Crippen LogP contribution in [-0.2, 0) is 23.9 Å². The SMILES string of the molecule is COC(=O)C[C@@H](NC(=O)c1ccc(NC(C)=O)cc1)C(=O)OC. The van der Waals surface area contributed by atoms with Gasteiger partial charge in [0.15, 0.2) is 0 Å². The van der Waals surface area contributed by atoms with E-state index in [0.717, 1.165) is 7.11 Å². The summed E-state index contributed by atoms with van der Waals surface area (Å²) in [5.74, 6) is -2.19. The van der Waals surface area contributed by atoms with Crippen LogP contribution in [0.3, 0.4) is 0 Å². The van der Waals surface area contributed by atoms with Crippen molar-refractivity contribution in [1.29, 1.82) is 0 Å². The van der Waals surface area contributed by atoms with E-state index in [-0.39, 0.29) is 17.9 Å². The molecule has 1 aromatic rings. The lowest BCUT2D eigenvalue weighted by Gasteiger charge is -2.15. The Morgan fingerprint density at radius 1 is 1.04 bits per heavy atom. The molecule has 0 radical (unpaired) electrons. The quantitative estimate of drug-likeness (QED) is 0.737. The molecule has 0 unspecified atom stereocenters. The maximum absolute atomic E-state index is 12.1. The van der Waals surface area contributed by atoms with Crippen molar-refractivity contribution >= 4 is 29.4 Å². The largest absolute Gasteiger partial charge is 0.469 e. The number of carbonyl (C=O) groups is 4. The Balaban J connectivity index is 2.79. The average Bonchev–Trinajstić information content (AvgIpc) is 2.53. The Morgan fingerprint density at radius 3 is 2.13 bits per heavy atom. The summed E-state index contributed by atoms with van der Waals surface area (Å²) in [7, 11) is 2.33. The van der Waals surface area contributed by atoms with Gasteiger partial charge in [-0.3, -0.25) is 14.4 Å². The predicted molar refractivity (Wildman–Crippen MR) is 80.6 cm³/mol. The van der Waals surface area contributed by atoms with Crippen LogP contribution in [0.4, 0.5) is 5.69 Å². The molecular formula is C15H18N2O6. The molecule has 0 aliphatic carbocycles. The smallest absolute Gasteiger partial charge is 0.328 e. The number of anilines is 1. The molecule has 0 aliphatic rings. The van der Waals surface area contributed by atoms with Gasteiger partial charge in [0.25, 0.3) is 5.91 Å². The number of benzene rings is 1. The fourth-order valence-electron chi connectivity index (χ4n) is 1.74. The highest BCUT2D eigenvalue weighted by atomic mass is 16.5. The zero-order chi connectivity index (χ0) is 17.4. The second kappa shape index (κ2) is 8.52. The lowest BCUT2D eigenvalue weighted by atomic mass is 10.1. The highest BCUT2D eigenvalue weighted by Gasteiger charge is 2.25. The Kier molecular flexibility index (Phi) is 6.72. The number of carbonyl (C=O) groups excluding carboxylic acids is 4. The lowest BCUT2D eigenvalue weighted by Crippen LogP contribution is -2.43. The number of nitrogens with one attached hydrogen (secondary N) is 2. The van der Waals surface area contributed by atoms with Crippen LogP contribution >= 0.6 is 0 Å². The van der Waals surface area contributed by atoms with Gasteiger partial charge in [-0.15, -0.1) is 0 Å². The third-order valence-corrected chi connectivity index (χ3v) is 2.86. The van der Waals surface area contributed by atoms with Crippen molar-refractivity contribution in [1.82, 2.24) is 5.32 Å². The predicted octanol–water partition coefficient (Wildman–Crippen LogP) is 0.479. The van der Waals surface area contributed by atoms with Gasteiger partial charge in [-0.25, -0.2) is 4.79 Å². The summed E-state index contributed by atoms with van der Waals surface area (Å²) in [6.07, 6.45) is -0.334. The molecule has 1 rings (SSSR count). The van der Waals surface area contributed by atoms with E-state index in [1.165, 1.54) is 26.2 Å².